The van der Waals surface area contributed by atoms with Crippen molar-refractivity contribution in [2.75, 3.05) is 5.73 Å². The molecule has 2 aromatic rings. The standard InChI is InChI=1S/C7H6N4O.BrH/c8-7-11-10-6(12-7)5-1-3-9-4-2-5;/h1-4H,(H2,8,11);1H. The van der Waals surface area contributed by atoms with E-state index in [0.29, 0.717) is 5.89 Å². The molecular formula is C7H7BrN4O. The van der Waals surface area contributed by atoms with E-state index >= 15 is 0 Å². The van der Waals surface area contributed by atoms with Crippen molar-refractivity contribution in [3.63, 3.8) is 0 Å². The van der Waals surface area contributed by atoms with Crippen LogP contribution in [0.25, 0.3) is 11.5 Å². The smallest absolute Gasteiger partial charge is 0.313 e. The summed E-state index contributed by atoms with van der Waals surface area (Å²) in [6.45, 7) is 0. The predicted octanol–water partition coefficient (Wildman–Crippen LogP) is 1.29. The minimum atomic E-state index is 0. The maximum absolute atomic E-state index is 5.26. The van der Waals surface area contributed by atoms with Gasteiger partial charge in [-0.05, 0) is 12.1 Å². The molecular weight excluding hydrogens is 236 g/mol. The third-order valence-corrected chi connectivity index (χ3v) is 1.37. The highest BCUT2D eigenvalue weighted by Crippen LogP contribution is 2.16. The molecule has 0 amide bonds. The Balaban J connectivity index is 0.000000845. The first-order valence-electron chi connectivity index (χ1n) is 3.35. The zero-order chi connectivity index (χ0) is 8.39. The molecule has 0 bridgehead atoms. The van der Waals surface area contributed by atoms with E-state index in [0.717, 1.165) is 5.56 Å². The molecule has 0 saturated carbocycles. The molecule has 2 aromatic heterocycles. The quantitative estimate of drug-likeness (QED) is 0.816. The lowest BCUT2D eigenvalue weighted by atomic mass is 10.3. The van der Waals surface area contributed by atoms with Gasteiger partial charge in [-0.15, -0.1) is 22.1 Å². The molecule has 0 aliphatic heterocycles. The average molecular weight is 243 g/mol. The number of rotatable bonds is 1. The van der Waals surface area contributed by atoms with Gasteiger partial charge in [0.15, 0.2) is 0 Å². The molecule has 0 fully saturated rings. The largest absolute Gasteiger partial charge is 0.404 e. The lowest BCUT2D eigenvalue weighted by Crippen LogP contribution is -1.81. The first kappa shape index (κ1) is 9.66. The third-order valence-electron chi connectivity index (χ3n) is 1.37. The number of pyridine rings is 1. The highest BCUT2D eigenvalue weighted by atomic mass is 79.9. The monoisotopic (exact) mass is 242 g/mol. The minimum absolute atomic E-state index is 0. The summed E-state index contributed by atoms with van der Waals surface area (Å²) in [6, 6.07) is 3.61. The van der Waals surface area contributed by atoms with Crippen molar-refractivity contribution < 1.29 is 4.42 Å². The van der Waals surface area contributed by atoms with Gasteiger partial charge in [-0.3, -0.25) is 4.98 Å². The van der Waals surface area contributed by atoms with Gasteiger partial charge in [-0.1, -0.05) is 5.10 Å². The third kappa shape index (κ3) is 2.03. The second-order valence-corrected chi connectivity index (χ2v) is 2.18. The SMILES string of the molecule is Br.Nc1nnc(-c2ccncc2)o1. The van der Waals surface area contributed by atoms with Gasteiger partial charge >= 0.3 is 6.01 Å². The van der Waals surface area contributed by atoms with E-state index in [9.17, 15) is 0 Å². The molecule has 13 heavy (non-hydrogen) atoms. The Labute approximate surface area is 84.8 Å². The molecule has 0 aliphatic carbocycles. The molecule has 0 saturated heterocycles. The second kappa shape index (κ2) is 3.99. The first-order valence-corrected chi connectivity index (χ1v) is 3.35. The van der Waals surface area contributed by atoms with E-state index in [-0.39, 0.29) is 23.0 Å². The number of nitrogens with two attached hydrogens (primary N) is 1. The first-order chi connectivity index (χ1) is 5.86. The maximum atomic E-state index is 5.26. The zero-order valence-electron chi connectivity index (χ0n) is 6.54. The molecule has 0 atom stereocenters. The van der Waals surface area contributed by atoms with E-state index in [4.69, 9.17) is 10.2 Å². The molecule has 0 aromatic carbocycles. The van der Waals surface area contributed by atoms with Gasteiger partial charge < -0.3 is 10.2 Å². The van der Waals surface area contributed by atoms with Crippen LogP contribution in [0.15, 0.2) is 28.9 Å². The van der Waals surface area contributed by atoms with Crippen LogP contribution in [0.5, 0.6) is 0 Å². The Bertz CT molecular complexity index is 375. The van der Waals surface area contributed by atoms with Crippen LogP contribution in [0.2, 0.25) is 0 Å². The number of nitrogen functional groups attached to an aromatic ring is 1. The van der Waals surface area contributed by atoms with E-state index in [2.05, 4.69) is 15.2 Å². The van der Waals surface area contributed by atoms with Crippen LogP contribution in [0.1, 0.15) is 0 Å². The summed E-state index contributed by atoms with van der Waals surface area (Å²) in [7, 11) is 0. The predicted molar refractivity (Wildman–Crippen MR) is 52.3 cm³/mol. The minimum Gasteiger partial charge on any atom is -0.404 e. The average Bonchev–Trinajstić information content (AvgIpc) is 2.54. The lowest BCUT2D eigenvalue weighted by Gasteiger charge is -1.89. The Morgan fingerprint density at radius 1 is 1.15 bits per heavy atom. The fraction of sp³-hybridized carbons (Fsp3) is 0. The van der Waals surface area contributed by atoms with Crippen molar-refractivity contribution in [3.05, 3.63) is 24.5 Å². The molecule has 5 nitrogen and oxygen atoms in total. The fourth-order valence-corrected chi connectivity index (χ4v) is 0.846. The fourth-order valence-electron chi connectivity index (χ4n) is 0.846. The summed E-state index contributed by atoms with van der Waals surface area (Å²) >= 11 is 0. The van der Waals surface area contributed by atoms with Gasteiger partial charge in [-0.25, -0.2) is 0 Å². The van der Waals surface area contributed by atoms with Crippen LogP contribution in [-0.4, -0.2) is 15.2 Å². The topological polar surface area (TPSA) is 77.8 Å². The van der Waals surface area contributed by atoms with E-state index < -0.39 is 0 Å². The Morgan fingerprint density at radius 2 is 1.85 bits per heavy atom. The van der Waals surface area contributed by atoms with Crippen LogP contribution < -0.4 is 5.73 Å². The maximum Gasteiger partial charge on any atom is 0.313 e. The molecule has 0 unspecified atom stereocenters. The summed E-state index contributed by atoms with van der Waals surface area (Å²) in [4.78, 5) is 3.86. The van der Waals surface area contributed by atoms with Gasteiger partial charge in [0.1, 0.15) is 0 Å². The normalized spacial score (nSPS) is 9.23. The van der Waals surface area contributed by atoms with Gasteiger partial charge in [0, 0.05) is 18.0 Å². The number of nitrogens with zero attached hydrogens (tertiary/aromatic N) is 3. The van der Waals surface area contributed by atoms with Crippen LogP contribution in [-0.2, 0) is 0 Å². The Hall–Kier alpha value is -1.43. The van der Waals surface area contributed by atoms with Crippen molar-refractivity contribution in [1.29, 1.82) is 0 Å². The molecule has 0 spiro atoms. The molecule has 68 valence electrons. The summed E-state index contributed by atoms with van der Waals surface area (Å²) in [6.07, 6.45) is 3.30. The molecule has 6 heteroatoms. The summed E-state index contributed by atoms with van der Waals surface area (Å²) in [5, 5.41) is 7.25. The molecule has 2 heterocycles. The lowest BCUT2D eigenvalue weighted by molar-refractivity contribution is 0.590. The van der Waals surface area contributed by atoms with Crippen molar-refractivity contribution in [3.8, 4) is 11.5 Å². The van der Waals surface area contributed by atoms with Crippen molar-refractivity contribution in [1.82, 2.24) is 15.2 Å². The summed E-state index contributed by atoms with van der Waals surface area (Å²) in [5.74, 6) is 0.412. The zero-order valence-corrected chi connectivity index (χ0v) is 8.26. The van der Waals surface area contributed by atoms with E-state index in [1.54, 1.807) is 24.5 Å². The summed E-state index contributed by atoms with van der Waals surface area (Å²) < 4.78 is 5.00. The van der Waals surface area contributed by atoms with E-state index in [1.165, 1.54) is 0 Å². The second-order valence-electron chi connectivity index (χ2n) is 2.18. The van der Waals surface area contributed by atoms with Crippen LogP contribution in [0.4, 0.5) is 6.01 Å². The van der Waals surface area contributed by atoms with Crippen LogP contribution in [0.3, 0.4) is 0 Å². The Morgan fingerprint density at radius 3 is 2.38 bits per heavy atom. The van der Waals surface area contributed by atoms with Crippen LogP contribution in [0, 0.1) is 0 Å². The molecule has 0 aliphatic rings. The van der Waals surface area contributed by atoms with Crippen molar-refractivity contribution in [2.24, 2.45) is 0 Å². The van der Waals surface area contributed by atoms with Gasteiger partial charge in [0.2, 0.25) is 5.89 Å². The number of halogens is 1. The molecule has 2 N–H and O–H groups in total. The number of hydrogen-bond donors (Lipinski definition) is 1. The molecule has 2 rings (SSSR count). The number of hydrogen-bond acceptors (Lipinski definition) is 5. The highest BCUT2D eigenvalue weighted by molar-refractivity contribution is 8.93. The molecule has 0 radical (unpaired) electrons. The number of anilines is 1. The van der Waals surface area contributed by atoms with E-state index in [1.807, 2.05) is 0 Å². The highest BCUT2D eigenvalue weighted by Gasteiger charge is 2.03. The van der Waals surface area contributed by atoms with Crippen molar-refractivity contribution in [2.45, 2.75) is 0 Å². The van der Waals surface area contributed by atoms with Gasteiger partial charge in [0.25, 0.3) is 0 Å². The van der Waals surface area contributed by atoms with Crippen LogP contribution >= 0.6 is 17.0 Å². The summed E-state index contributed by atoms with van der Waals surface area (Å²) in [5.41, 5.74) is 6.07. The van der Waals surface area contributed by atoms with Gasteiger partial charge in [-0.2, -0.15) is 0 Å². The van der Waals surface area contributed by atoms with Crippen molar-refractivity contribution >= 4 is 23.0 Å². The van der Waals surface area contributed by atoms with Gasteiger partial charge in [0.05, 0.1) is 0 Å². The number of aromatic nitrogens is 3. The Kier molecular flexibility index (Phi) is 2.97.